The van der Waals surface area contributed by atoms with Gasteiger partial charge in [-0.05, 0) is 78.6 Å². The predicted molar refractivity (Wildman–Crippen MR) is 151 cm³/mol. The van der Waals surface area contributed by atoms with Gasteiger partial charge in [0.1, 0.15) is 12.4 Å². The highest BCUT2D eigenvalue weighted by Crippen LogP contribution is 2.29. The Morgan fingerprint density at radius 3 is 2.32 bits per heavy atom. The lowest BCUT2D eigenvalue weighted by Gasteiger charge is -2.14. The number of hydrogen-bond acceptors (Lipinski definition) is 5. The highest BCUT2D eigenvalue weighted by Gasteiger charge is 2.14. The van der Waals surface area contributed by atoms with Crippen molar-refractivity contribution in [1.82, 2.24) is 5.43 Å². The molecule has 1 unspecified atom stereocenters. The van der Waals surface area contributed by atoms with E-state index in [1.165, 1.54) is 0 Å². The lowest BCUT2D eigenvalue weighted by Crippen LogP contribution is -2.33. The lowest BCUT2D eigenvalue weighted by molar-refractivity contribution is -0.127. The fourth-order valence-corrected chi connectivity index (χ4v) is 3.74. The van der Waals surface area contributed by atoms with E-state index in [0.717, 1.165) is 22.3 Å². The number of halogens is 1. The van der Waals surface area contributed by atoms with Gasteiger partial charge in [0, 0.05) is 5.02 Å². The molecule has 0 spiro atoms. The molecule has 1 amide bonds. The van der Waals surface area contributed by atoms with E-state index < -0.39 is 6.10 Å². The normalized spacial score (nSPS) is 11.7. The number of nitrogens with zero attached hydrogens (tertiary/aromatic N) is 1. The summed E-state index contributed by atoms with van der Waals surface area (Å²) in [6.07, 6.45) is 0.822. The van der Waals surface area contributed by atoms with E-state index in [0.29, 0.717) is 35.5 Å². The topological polar surface area (TPSA) is 69.2 Å². The van der Waals surface area contributed by atoms with Crippen molar-refractivity contribution in [2.45, 2.75) is 26.6 Å². The van der Waals surface area contributed by atoms with Gasteiger partial charge in [-0.2, -0.15) is 5.10 Å². The molecule has 4 aromatic carbocycles. The molecule has 0 aliphatic carbocycles. The molecule has 0 saturated carbocycles. The SMILES string of the molecule is CCOc1cc(/C=N/NC(=O)C(C)Oc2ccc(-c3ccccc3)cc2)ccc1OCc1ccc(Cl)cc1. The van der Waals surface area contributed by atoms with Crippen molar-refractivity contribution in [1.29, 1.82) is 0 Å². The van der Waals surface area contributed by atoms with Gasteiger partial charge in [-0.15, -0.1) is 0 Å². The van der Waals surface area contributed by atoms with Crippen LogP contribution in [0.3, 0.4) is 0 Å². The van der Waals surface area contributed by atoms with Gasteiger partial charge in [-0.25, -0.2) is 5.43 Å². The van der Waals surface area contributed by atoms with Crippen LogP contribution < -0.4 is 19.6 Å². The van der Waals surface area contributed by atoms with E-state index in [9.17, 15) is 4.79 Å². The van der Waals surface area contributed by atoms with E-state index in [1.54, 1.807) is 13.1 Å². The first-order chi connectivity index (χ1) is 18.5. The van der Waals surface area contributed by atoms with E-state index in [-0.39, 0.29) is 5.91 Å². The van der Waals surface area contributed by atoms with Crippen molar-refractivity contribution in [2.75, 3.05) is 6.61 Å². The molecular weight excluding hydrogens is 500 g/mol. The number of ether oxygens (including phenoxy) is 3. The fraction of sp³-hybridized carbons (Fsp3) is 0.161. The molecule has 0 aromatic heterocycles. The van der Waals surface area contributed by atoms with Gasteiger partial charge in [0.2, 0.25) is 0 Å². The average Bonchev–Trinajstić information content (AvgIpc) is 2.94. The number of rotatable bonds is 11. The molecule has 0 aliphatic heterocycles. The smallest absolute Gasteiger partial charge is 0.280 e. The number of carbonyl (C=O) groups is 1. The van der Waals surface area contributed by atoms with Gasteiger partial charge in [-0.3, -0.25) is 4.79 Å². The Hall–Kier alpha value is -4.29. The van der Waals surface area contributed by atoms with Crippen molar-refractivity contribution >= 4 is 23.7 Å². The molecule has 0 heterocycles. The minimum absolute atomic E-state index is 0.360. The standard InChI is InChI=1S/C31H29ClN2O4/c1-3-36-30-19-24(11-18-29(30)37-21-23-9-14-27(32)15-10-23)20-33-34-31(35)22(2)38-28-16-12-26(13-17-28)25-7-5-4-6-8-25/h4-20,22H,3,21H2,1-2H3,(H,34,35)/b33-20+. The largest absolute Gasteiger partial charge is 0.490 e. The van der Waals surface area contributed by atoms with Crippen LogP contribution in [0.1, 0.15) is 25.0 Å². The van der Waals surface area contributed by atoms with Gasteiger partial charge in [-0.1, -0.05) is 66.2 Å². The molecule has 7 heteroatoms. The third-order valence-electron chi connectivity index (χ3n) is 5.61. The van der Waals surface area contributed by atoms with E-state index in [1.807, 2.05) is 104 Å². The summed E-state index contributed by atoms with van der Waals surface area (Å²) < 4.78 is 17.5. The van der Waals surface area contributed by atoms with E-state index >= 15 is 0 Å². The van der Waals surface area contributed by atoms with Gasteiger partial charge >= 0.3 is 0 Å². The van der Waals surface area contributed by atoms with Gasteiger partial charge < -0.3 is 14.2 Å². The Balaban J connectivity index is 1.31. The number of carbonyl (C=O) groups excluding carboxylic acids is 1. The van der Waals surface area contributed by atoms with Crippen LogP contribution in [0, 0.1) is 0 Å². The minimum atomic E-state index is -0.725. The molecule has 4 rings (SSSR count). The maximum atomic E-state index is 12.5. The number of benzene rings is 4. The molecule has 0 fully saturated rings. The van der Waals surface area contributed by atoms with Crippen LogP contribution in [0.2, 0.25) is 5.02 Å². The molecule has 0 radical (unpaired) electrons. The molecule has 6 nitrogen and oxygen atoms in total. The summed E-state index contributed by atoms with van der Waals surface area (Å²) in [7, 11) is 0. The molecule has 1 atom stereocenters. The summed E-state index contributed by atoms with van der Waals surface area (Å²) in [6.45, 7) is 4.44. The Bertz CT molecular complexity index is 1360. The second-order valence-corrected chi connectivity index (χ2v) is 8.88. The van der Waals surface area contributed by atoms with Crippen molar-refractivity contribution in [3.8, 4) is 28.4 Å². The summed E-state index contributed by atoms with van der Waals surface area (Å²) >= 11 is 5.95. The highest BCUT2D eigenvalue weighted by atomic mass is 35.5. The Kier molecular flexibility index (Phi) is 9.37. The first kappa shape index (κ1) is 26.8. The zero-order valence-corrected chi connectivity index (χ0v) is 22.0. The third-order valence-corrected chi connectivity index (χ3v) is 5.86. The molecule has 194 valence electrons. The first-order valence-electron chi connectivity index (χ1n) is 12.3. The Morgan fingerprint density at radius 1 is 0.895 bits per heavy atom. The molecule has 0 aliphatic rings. The van der Waals surface area contributed by atoms with Crippen LogP contribution in [0.25, 0.3) is 11.1 Å². The van der Waals surface area contributed by atoms with Crippen LogP contribution in [0.5, 0.6) is 17.2 Å². The van der Waals surface area contributed by atoms with Crippen molar-refractivity contribution in [2.24, 2.45) is 5.10 Å². The predicted octanol–water partition coefficient (Wildman–Crippen LogP) is 6.90. The molecule has 0 bridgehead atoms. The molecular formula is C31H29ClN2O4. The van der Waals surface area contributed by atoms with Crippen LogP contribution in [0.15, 0.2) is 102 Å². The molecule has 0 saturated heterocycles. The lowest BCUT2D eigenvalue weighted by atomic mass is 10.1. The highest BCUT2D eigenvalue weighted by molar-refractivity contribution is 6.30. The van der Waals surface area contributed by atoms with Crippen LogP contribution >= 0.6 is 11.6 Å². The van der Waals surface area contributed by atoms with Crippen LogP contribution in [-0.2, 0) is 11.4 Å². The minimum Gasteiger partial charge on any atom is -0.490 e. The quantitative estimate of drug-likeness (QED) is 0.170. The van der Waals surface area contributed by atoms with Crippen LogP contribution in [0.4, 0.5) is 0 Å². The maximum Gasteiger partial charge on any atom is 0.280 e. The number of hydrazone groups is 1. The van der Waals surface area contributed by atoms with Crippen molar-refractivity contribution in [3.63, 3.8) is 0 Å². The fourth-order valence-electron chi connectivity index (χ4n) is 3.61. The third kappa shape index (κ3) is 7.60. The second kappa shape index (κ2) is 13.3. The molecule has 38 heavy (non-hydrogen) atoms. The van der Waals surface area contributed by atoms with E-state index in [4.69, 9.17) is 25.8 Å². The monoisotopic (exact) mass is 528 g/mol. The van der Waals surface area contributed by atoms with Crippen molar-refractivity contribution in [3.05, 3.63) is 113 Å². The Labute approximate surface area is 227 Å². The summed E-state index contributed by atoms with van der Waals surface area (Å²) in [6, 6.07) is 30.6. The summed E-state index contributed by atoms with van der Waals surface area (Å²) in [4.78, 5) is 12.5. The van der Waals surface area contributed by atoms with Crippen molar-refractivity contribution < 1.29 is 19.0 Å². The van der Waals surface area contributed by atoms with Crippen LogP contribution in [-0.4, -0.2) is 24.8 Å². The zero-order valence-electron chi connectivity index (χ0n) is 21.3. The Morgan fingerprint density at radius 2 is 1.61 bits per heavy atom. The van der Waals surface area contributed by atoms with Gasteiger partial charge in [0.05, 0.1) is 12.8 Å². The van der Waals surface area contributed by atoms with E-state index in [2.05, 4.69) is 10.5 Å². The first-order valence-corrected chi connectivity index (χ1v) is 12.7. The average molecular weight is 529 g/mol. The summed E-state index contributed by atoms with van der Waals surface area (Å²) in [5, 5.41) is 4.76. The number of nitrogens with one attached hydrogen (secondary N) is 1. The number of amides is 1. The summed E-state index contributed by atoms with van der Waals surface area (Å²) in [5.41, 5.74) is 6.47. The summed E-state index contributed by atoms with van der Waals surface area (Å²) in [5.74, 6) is 1.45. The van der Waals surface area contributed by atoms with Gasteiger partial charge in [0.15, 0.2) is 17.6 Å². The maximum absolute atomic E-state index is 12.5. The zero-order chi connectivity index (χ0) is 26.7. The second-order valence-electron chi connectivity index (χ2n) is 8.44. The number of hydrogen-bond donors (Lipinski definition) is 1. The molecule has 4 aromatic rings. The van der Waals surface area contributed by atoms with Gasteiger partial charge in [0.25, 0.3) is 5.91 Å². The molecule has 1 N–H and O–H groups in total.